The van der Waals surface area contributed by atoms with Crippen LogP contribution in [0.5, 0.6) is 0 Å². The van der Waals surface area contributed by atoms with E-state index in [0.717, 1.165) is 29.3 Å². The van der Waals surface area contributed by atoms with Crippen LogP contribution in [-0.2, 0) is 10.2 Å². The maximum Gasteiger partial charge on any atom is 0.314 e. The van der Waals surface area contributed by atoms with Crippen LogP contribution in [-0.4, -0.2) is 24.7 Å². The van der Waals surface area contributed by atoms with Crippen molar-refractivity contribution in [3.63, 3.8) is 0 Å². The summed E-state index contributed by atoms with van der Waals surface area (Å²) < 4.78 is 0. The van der Waals surface area contributed by atoms with E-state index in [1.165, 1.54) is 0 Å². The molecule has 0 aliphatic heterocycles. The van der Waals surface area contributed by atoms with Crippen molar-refractivity contribution in [1.82, 2.24) is 5.32 Å². The predicted molar refractivity (Wildman–Crippen MR) is 75.3 cm³/mol. The number of rotatable bonds is 4. The molecule has 0 amide bonds. The molecule has 0 heterocycles. The van der Waals surface area contributed by atoms with E-state index in [4.69, 9.17) is 0 Å². The number of carboxylic acids is 1. The van der Waals surface area contributed by atoms with E-state index in [9.17, 15) is 9.90 Å². The van der Waals surface area contributed by atoms with Crippen LogP contribution in [0.15, 0.2) is 42.5 Å². The molecule has 3 rings (SSSR count). The molecular weight excluding hydrogens is 238 g/mol. The SMILES string of the molecule is CNC[C@H]1C[C@@]1(C(=O)O)c1ccc2ccccc2c1. The lowest BCUT2D eigenvalue weighted by Crippen LogP contribution is -2.26. The first-order chi connectivity index (χ1) is 9.18. The van der Waals surface area contributed by atoms with Crippen molar-refractivity contribution in [3.05, 3.63) is 48.0 Å². The molecule has 19 heavy (non-hydrogen) atoms. The summed E-state index contributed by atoms with van der Waals surface area (Å²) in [7, 11) is 1.87. The number of hydrogen-bond donors (Lipinski definition) is 2. The van der Waals surface area contributed by atoms with Crippen LogP contribution < -0.4 is 5.32 Å². The monoisotopic (exact) mass is 255 g/mol. The summed E-state index contributed by atoms with van der Waals surface area (Å²) in [6.07, 6.45) is 0.724. The molecule has 2 atom stereocenters. The van der Waals surface area contributed by atoms with Crippen LogP contribution in [0.4, 0.5) is 0 Å². The number of nitrogens with one attached hydrogen (secondary N) is 1. The maximum absolute atomic E-state index is 11.7. The van der Waals surface area contributed by atoms with Crippen molar-refractivity contribution < 1.29 is 9.90 Å². The second kappa shape index (κ2) is 4.35. The Bertz CT molecular complexity index is 637. The second-order valence-electron chi connectivity index (χ2n) is 5.30. The van der Waals surface area contributed by atoms with Crippen LogP contribution >= 0.6 is 0 Å². The van der Waals surface area contributed by atoms with Gasteiger partial charge in [0.2, 0.25) is 0 Å². The Morgan fingerprint density at radius 2 is 2.05 bits per heavy atom. The van der Waals surface area contributed by atoms with Gasteiger partial charge in [-0.05, 0) is 48.3 Å². The average Bonchev–Trinajstić information content (AvgIpc) is 3.14. The lowest BCUT2D eigenvalue weighted by Gasteiger charge is -2.14. The third-order valence-corrected chi connectivity index (χ3v) is 4.20. The minimum absolute atomic E-state index is 0.191. The van der Waals surface area contributed by atoms with Crippen molar-refractivity contribution in [2.24, 2.45) is 5.92 Å². The summed E-state index contributed by atoms with van der Waals surface area (Å²) in [6.45, 7) is 0.749. The van der Waals surface area contributed by atoms with Crippen LogP contribution in [0.1, 0.15) is 12.0 Å². The third kappa shape index (κ3) is 1.81. The van der Waals surface area contributed by atoms with E-state index in [2.05, 4.69) is 5.32 Å². The van der Waals surface area contributed by atoms with Gasteiger partial charge in [-0.2, -0.15) is 0 Å². The second-order valence-corrected chi connectivity index (χ2v) is 5.30. The number of carbonyl (C=O) groups is 1. The number of aliphatic carboxylic acids is 1. The zero-order valence-electron chi connectivity index (χ0n) is 10.9. The van der Waals surface area contributed by atoms with Gasteiger partial charge in [0.05, 0.1) is 5.41 Å². The molecule has 0 saturated heterocycles. The Morgan fingerprint density at radius 1 is 1.32 bits per heavy atom. The highest BCUT2D eigenvalue weighted by Crippen LogP contribution is 2.54. The van der Waals surface area contributed by atoms with E-state index in [1.807, 2.05) is 49.5 Å². The number of hydrogen-bond acceptors (Lipinski definition) is 2. The fourth-order valence-corrected chi connectivity index (χ4v) is 3.03. The summed E-state index contributed by atoms with van der Waals surface area (Å²) in [5.74, 6) is -0.515. The number of carboxylic acid groups (broad SMARTS) is 1. The fraction of sp³-hybridized carbons (Fsp3) is 0.312. The molecule has 0 spiro atoms. The lowest BCUT2D eigenvalue weighted by atomic mass is 9.91. The highest BCUT2D eigenvalue weighted by molar-refractivity contribution is 5.90. The number of benzene rings is 2. The molecule has 0 bridgehead atoms. The quantitative estimate of drug-likeness (QED) is 0.882. The van der Waals surface area contributed by atoms with Crippen molar-refractivity contribution in [2.45, 2.75) is 11.8 Å². The summed E-state index contributed by atoms with van der Waals surface area (Å²) in [5.41, 5.74) is 0.242. The zero-order chi connectivity index (χ0) is 13.5. The van der Waals surface area contributed by atoms with E-state index in [0.29, 0.717) is 0 Å². The topological polar surface area (TPSA) is 49.3 Å². The lowest BCUT2D eigenvalue weighted by molar-refractivity contribution is -0.140. The summed E-state index contributed by atoms with van der Waals surface area (Å²) >= 11 is 0. The van der Waals surface area contributed by atoms with Gasteiger partial charge in [-0.15, -0.1) is 0 Å². The highest BCUT2D eigenvalue weighted by atomic mass is 16.4. The van der Waals surface area contributed by atoms with Crippen LogP contribution in [0, 0.1) is 5.92 Å². The molecule has 2 N–H and O–H groups in total. The predicted octanol–water partition coefficient (Wildman–Crippen LogP) is 2.40. The molecule has 3 heteroatoms. The molecule has 0 radical (unpaired) electrons. The van der Waals surface area contributed by atoms with E-state index < -0.39 is 11.4 Å². The van der Waals surface area contributed by atoms with Gasteiger partial charge in [-0.1, -0.05) is 36.4 Å². The smallest absolute Gasteiger partial charge is 0.314 e. The summed E-state index contributed by atoms with van der Waals surface area (Å²) in [4.78, 5) is 11.7. The largest absolute Gasteiger partial charge is 0.481 e. The Labute approximate surface area is 112 Å². The molecule has 0 aromatic heterocycles. The minimum Gasteiger partial charge on any atom is -0.481 e. The van der Waals surface area contributed by atoms with Gasteiger partial charge in [-0.3, -0.25) is 4.79 Å². The zero-order valence-corrected chi connectivity index (χ0v) is 10.9. The molecule has 0 unspecified atom stereocenters. The van der Waals surface area contributed by atoms with Crippen molar-refractivity contribution in [2.75, 3.05) is 13.6 Å². The van der Waals surface area contributed by atoms with Gasteiger partial charge in [-0.25, -0.2) is 0 Å². The van der Waals surface area contributed by atoms with Crippen molar-refractivity contribution in [1.29, 1.82) is 0 Å². The molecular formula is C16H17NO2. The highest BCUT2D eigenvalue weighted by Gasteiger charge is 2.61. The molecule has 98 valence electrons. The Hall–Kier alpha value is -1.87. The van der Waals surface area contributed by atoms with Gasteiger partial charge in [0, 0.05) is 0 Å². The molecule has 1 fully saturated rings. The van der Waals surface area contributed by atoms with E-state index >= 15 is 0 Å². The Kier molecular flexibility index (Phi) is 2.79. The van der Waals surface area contributed by atoms with Crippen molar-refractivity contribution in [3.8, 4) is 0 Å². The van der Waals surface area contributed by atoms with Crippen molar-refractivity contribution >= 4 is 16.7 Å². The van der Waals surface area contributed by atoms with Gasteiger partial charge in [0.15, 0.2) is 0 Å². The van der Waals surface area contributed by atoms with Gasteiger partial charge in [0.25, 0.3) is 0 Å². The minimum atomic E-state index is -0.706. The van der Waals surface area contributed by atoms with Gasteiger partial charge in [0.1, 0.15) is 0 Å². The molecule has 2 aromatic rings. The van der Waals surface area contributed by atoms with Gasteiger partial charge < -0.3 is 10.4 Å². The first-order valence-corrected chi connectivity index (χ1v) is 6.56. The van der Waals surface area contributed by atoms with E-state index in [-0.39, 0.29) is 5.92 Å². The van der Waals surface area contributed by atoms with Crippen LogP contribution in [0.3, 0.4) is 0 Å². The standard InChI is InChI=1S/C16H17NO2/c1-17-10-14-9-16(14,15(18)19)13-7-6-11-4-2-3-5-12(11)8-13/h2-8,14,17H,9-10H2,1H3,(H,18,19)/t14-,16-/m1/s1. The Morgan fingerprint density at radius 3 is 2.74 bits per heavy atom. The third-order valence-electron chi connectivity index (χ3n) is 4.20. The maximum atomic E-state index is 11.7. The first kappa shape index (κ1) is 12.2. The first-order valence-electron chi connectivity index (χ1n) is 6.56. The van der Waals surface area contributed by atoms with Gasteiger partial charge >= 0.3 is 5.97 Å². The summed E-state index contributed by atoms with van der Waals surface area (Å²) in [6, 6.07) is 14.1. The Balaban J connectivity index is 2.05. The summed E-state index contributed by atoms with van der Waals surface area (Å²) in [5, 5.41) is 14.9. The van der Waals surface area contributed by atoms with Crippen LogP contribution in [0.25, 0.3) is 10.8 Å². The molecule has 1 saturated carbocycles. The molecule has 1 aliphatic rings. The molecule has 1 aliphatic carbocycles. The van der Waals surface area contributed by atoms with E-state index in [1.54, 1.807) is 0 Å². The van der Waals surface area contributed by atoms with Crippen LogP contribution in [0.2, 0.25) is 0 Å². The molecule has 3 nitrogen and oxygen atoms in total. The number of fused-ring (bicyclic) bond motifs is 1. The fourth-order valence-electron chi connectivity index (χ4n) is 3.03. The average molecular weight is 255 g/mol. The molecule has 2 aromatic carbocycles. The normalized spacial score (nSPS) is 25.4.